The number of nitrogens with one attached hydrogen (secondary N) is 2. The van der Waals surface area contributed by atoms with Crippen LogP contribution >= 0.6 is 0 Å². The Kier molecular flexibility index (Phi) is 6.86. The number of rotatable bonds is 7. The van der Waals surface area contributed by atoms with Gasteiger partial charge in [-0.05, 0) is 47.0 Å². The van der Waals surface area contributed by atoms with Crippen LogP contribution in [0.25, 0.3) is 10.8 Å². The molecule has 3 aromatic carbocycles. The Hall–Kier alpha value is -4.31. The van der Waals surface area contributed by atoms with Gasteiger partial charge in [0.25, 0.3) is 0 Å². The number of anilines is 2. The molecule has 31 heavy (non-hydrogen) atoms. The first-order valence-corrected chi connectivity index (χ1v) is 9.48. The number of aryl methyl sites for hydroxylation is 1. The Balaban J connectivity index is 1.61. The van der Waals surface area contributed by atoms with Gasteiger partial charge in [-0.1, -0.05) is 42.3 Å². The molecule has 0 bridgehead atoms. The van der Waals surface area contributed by atoms with Crippen LogP contribution in [-0.2, 0) is 16.0 Å². The molecule has 0 atom stereocenters. The molecule has 0 aliphatic rings. The van der Waals surface area contributed by atoms with Crippen LogP contribution in [0.15, 0.2) is 60.7 Å². The van der Waals surface area contributed by atoms with Crippen molar-refractivity contribution < 1.29 is 24.2 Å². The van der Waals surface area contributed by atoms with Crippen molar-refractivity contribution in [2.45, 2.75) is 12.8 Å². The highest BCUT2D eigenvalue weighted by atomic mass is 16.5. The maximum Gasteiger partial charge on any atom is 0.412 e. The lowest BCUT2D eigenvalue weighted by Gasteiger charge is -2.09. The van der Waals surface area contributed by atoms with E-state index in [9.17, 15) is 19.5 Å². The predicted octanol–water partition coefficient (Wildman–Crippen LogP) is 4.29. The van der Waals surface area contributed by atoms with E-state index in [2.05, 4.69) is 16.6 Å². The van der Waals surface area contributed by atoms with Crippen LogP contribution < -0.4 is 10.6 Å². The molecular formula is C24H20N2O5. The van der Waals surface area contributed by atoms with Gasteiger partial charge in [0.1, 0.15) is 0 Å². The summed E-state index contributed by atoms with van der Waals surface area (Å²) in [6.45, 7) is -0.0990. The zero-order valence-corrected chi connectivity index (χ0v) is 16.6. The highest BCUT2D eigenvalue weighted by molar-refractivity contribution is 6.00. The SMILES string of the molecule is C#CCOC(=O)Nc1ccc2cc(CCC(=O)Nc3ccccc3C(=O)O)ccc2c1. The first-order valence-electron chi connectivity index (χ1n) is 9.48. The number of fused-ring (bicyclic) bond motifs is 1. The van der Waals surface area contributed by atoms with Crippen molar-refractivity contribution >= 4 is 40.1 Å². The Morgan fingerprint density at radius 3 is 2.48 bits per heavy atom. The van der Waals surface area contributed by atoms with Crippen LogP contribution in [0.5, 0.6) is 0 Å². The average molecular weight is 416 g/mol. The van der Waals surface area contributed by atoms with Crippen LogP contribution in [0.1, 0.15) is 22.3 Å². The van der Waals surface area contributed by atoms with Gasteiger partial charge in [-0.25, -0.2) is 9.59 Å². The van der Waals surface area contributed by atoms with E-state index in [1.165, 1.54) is 6.07 Å². The summed E-state index contributed by atoms with van der Waals surface area (Å²) in [7, 11) is 0. The number of terminal acetylenes is 1. The number of amides is 2. The molecule has 7 heteroatoms. The van der Waals surface area contributed by atoms with E-state index in [4.69, 9.17) is 11.2 Å². The maximum atomic E-state index is 12.3. The number of benzene rings is 3. The standard InChI is InChI=1S/C24H20N2O5/c1-2-13-31-24(30)25-19-11-10-17-14-16(7-9-18(17)15-19)8-12-22(27)26-21-6-4-3-5-20(21)23(28)29/h1,3-7,9-11,14-15H,8,12-13H2,(H,25,30)(H,26,27)(H,28,29). The first-order chi connectivity index (χ1) is 15.0. The molecule has 0 saturated heterocycles. The van der Waals surface area contributed by atoms with Gasteiger partial charge >= 0.3 is 12.1 Å². The van der Waals surface area contributed by atoms with Crippen molar-refractivity contribution in [1.82, 2.24) is 0 Å². The molecule has 0 spiro atoms. The van der Waals surface area contributed by atoms with Crippen LogP contribution in [0, 0.1) is 12.3 Å². The number of hydrogen-bond acceptors (Lipinski definition) is 4. The molecule has 0 aliphatic carbocycles. The quantitative estimate of drug-likeness (QED) is 0.499. The average Bonchev–Trinajstić information content (AvgIpc) is 2.76. The smallest absolute Gasteiger partial charge is 0.412 e. The van der Waals surface area contributed by atoms with Crippen molar-refractivity contribution in [2.24, 2.45) is 0 Å². The summed E-state index contributed by atoms with van der Waals surface area (Å²) in [5, 5.41) is 16.3. The third-order valence-electron chi connectivity index (χ3n) is 4.51. The van der Waals surface area contributed by atoms with Gasteiger partial charge in [0.2, 0.25) is 5.91 Å². The molecule has 0 aromatic heterocycles. The molecule has 0 saturated carbocycles. The molecule has 2 amide bonds. The Bertz CT molecular complexity index is 1180. The summed E-state index contributed by atoms with van der Waals surface area (Å²) >= 11 is 0. The number of hydrogen-bond donors (Lipinski definition) is 3. The summed E-state index contributed by atoms with van der Waals surface area (Å²) in [5.41, 5.74) is 1.87. The van der Waals surface area contributed by atoms with Crippen LogP contribution in [0.4, 0.5) is 16.2 Å². The summed E-state index contributed by atoms with van der Waals surface area (Å²) in [6.07, 6.45) is 5.14. The number of carboxylic acids is 1. The summed E-state index contributed by atoms with van der Waals surface area (Å²) in [4.78, 5) is 35.1. The summed E-state index contributed by atoms with van der Waals surface area (Å²) < 4.78 is 4.79. The van der Waals surface area contributed by atoms with Crippen LogP contribution in [-0.4, -0.2) is 29.7 Å². The van der Waals surface area contributed by atoms with Crippen LogP contribution in [0.2, 0.25) is 0 Å². The lowest BCUT2D eigenvalue weighted by atomic mass is 10.0. The maximum absolute atomic E-state index is 12.3. The van der Waals surface area contributed by atoms with Crippen molar-refractivity contribution in [3.63, 3.8) is 0 Å². The fraction of sp³-hybridized carbons (Fsp3) is 0.125. The van der Waals surface area contributed by atoms with E-state index in [1.807, 2.05) is 30.3 Å². The van der Waals surface area contributed by atoms with Crippen molar-refractivity contribution in [3.8, 4) is 12.3 Å². The molecule has 3 N–H and O–H groups in total. The van der Waals surface area contributed by atoms with E-state index < -0.39 is 12.1 Å². The second-order valence-corrected chi connectivity index (χ2v) is 6.70. The Labute approximate surface area is 179 Å². The number of aromatic carboxylic acids is 1. The van der Waals surface area contributed by atoms with Gasteiger partial charge in [0.05, 0.1) is 11.3 Å². The Morgan fingerprint density at radius 1 is 0.968 bits per heavy atom. The topological polar surface area (TPSA) is 105 Å². The summed E-state index contributed by atoms with van der Waals surface area (Å²) in [5.74, 6) is 0.865. The highest BCUT2D eigenvalue weighted by Gasteiger charge is 2.12. The number of carboxylic acid groups (broad SMARTS) is 1. The minimum Gasteiger partial charge on any atom is -0.478 e. The number of para-hydroxylation sites is 1. The van der Waals surface area contributed by atoms with Gasteiger partial charge < -0.3 is 15.2 Å². The van der Waals surface area contributed by atoms with E-state index in [0.29, 0.717) is 12.1 Å². The monoisotopic (exact) mass is 416 g/mol. The minimum absolute atomic E-state index is 0.0501. The minimum atomic E-state index is -1.09. The number of carbonyl (C=O) groups excluding carboxylic acids is 2. The normalized spacial score (nSPS) is 10.2. The largest absolute Gasteiger partial charge is 0.478 e. The van der Waals surface area contributed by atoms with E-state index in [-0.39, 0.29) is 30.2 Å². The second-order valence-electron chi connectivity index (χ2n) is 6.70. The number of ether oxygens (including phenoxy) is 1. The summed E-state index contributed by atoms with van der Waals surface area (Å²) in [6, 6.07) is 17.5. The molecule has 0 fully saturated rings. The van der Waals surface area contributed by atoms with Gasteiger partial charge in [-0.2, -0.15) is 0 Å². The highest BCUT2D eigenvalue weighted by Crippen LogP contribution is 2.22. The molecule has 3 rings (SSSR count). The lowest BCUT2D eigenvalue weighted by molar-refractivity contribution is -0.116. The van der Waals surface area contributed by atoms with Crippen molar-refractivity contribution in [3.05, 3.63) is 71.8 Å². The van der Waals surface area contributed by atoms with Crippen LogP contribution in [0.3, 0.4) is 0 Å². The third kappa shape index (κ3) is 5.84. The van der Waals surface area contributed by atoms with E-state index in [1.54, 1.807) is 24.3 Å². The second kappa shape index (κ2) is 9.94. The number of carbonyl (C=O) groups is 3. The van der Waals surface area contributed by atoms with Gasteiger partial charge in [-0.15, -0.1) is 6.42 Å². The van der Waals surface area contributed by atoms with Gasteiger partial charge in [0.15, 0.2) is 6.61 Å². The zero-order chi connectivity index (χ0) is 22.2. The molecule has 0 radical (unpaired) electrons. The van der Waals surface area contributed by atoms with E-state index >= 15 is 0 Å². The molecule has 156 valence electrons. The molecule has 0 heterocycles. The molecule has 7 nitrogen and oxygen atoms in total. The third-order valence-corrected chi connectivity index (χ3v) is 4.51. The fourth-order valence-corrected chi connectivity index (χ4v) is 3.04. The first kappa shape index (κ1) is 21.4. The molecular weight excluding hydrogens is 396 g/mol. The molecule has 3 aromatic rings. The predicted molar refractivity (Wildman–Crippen MR) is 118 cm³/mol. The lowest BCUT2D eigenvalue weighted by Crippen LogP contribution is -2.15. The van der Waals surface area contributed by atoms with Crippen molar-refractivity contribution in [2.75, 3.05) is 17.2 Å². The van der Waals surface area contributed by atoms with Gasteiger partial charge in [0, 0.05) is 12.1 Å². The Morgan fingerprint density at radius 2 is 1.71 bits per heavy atom. The van der Waals surface area contributed by atoms with E-state index in [0.717, 1.165) is 16.3 Å². The molecule has 0 unspecified atom stereocenters. The van der Waals surface area contributed by atoms with Crippen molar-refractivity contribution in [1.29, 1.82) is 0 Å². The molecule has 0 aliphatic heterocycles. The van der Waals surface area contributed by atoms with Gasteiger partial charge in [-0.3, -0.25) is 10.1 Å². The fourth-order valence-electron chi connectivity index (χ4n) is 3.04. The zero-order valence-electron chi connectivity index (χ0n) is 16.6.